The molecule has 190 valence electrons. The van der Waals surface area contributed by atoms with Crippen molar-refractivity contribution in [2.24, 2.45) is 5.73 Å². The number of carbonyl (C=O) groups is 2. The Labute approximate surface area is 210 Å². The summed E-state index contributed by atoms with van der Waals surface area (Å²) in [6, 6.07) is 13.4. The zero-order valence-electron chi connectivity index (χ0n) is 21.0. The van der Waals surface area contributed by atoms with E-state index in [1.165, 1.54) is 21.5 Å². The molecule has 0 unspecified atom stereocenters. The number of hydrogen-bond donors (Lipinski definition) is 2. The number of nitrogens with zero attached hydrogens (tertiary/aromatic N) is 4. The number of aromatic nitrogens is 2. The lowest BCUT2D eigenvalue weighted by Gasteiger charge is -2.37. The van der Waals surface area contributed by atoms with Crippen molar-refractivity contribution in [1.82, 2.24) is 20.0 Å². The zero-order chi connectivity index (χ0) is 25.7. The van der Waals surface area contributed by atoms with Gasteiger partial charge in [0, 0.05) is 43.7 Å². The van der Waals surface area contributed by atoms with E-state index in [9.17, 15) is 14.4 Å². The molecule has 9 heteroatoms. The maximum absolute atomic E-state index is 12.8. The molecule has 2 amide bonds. The number of piperazine rings is 1. The first-order valence-corrected chi connectivity index (χ1v) is 12.4. The third-order valence-electron chi connectivity index (χ3n) is 6.88. The van der Waals surface area contributed by atoms with Crippen LogP contribution in [0.25, 0.3) is 10.8 Å². The van der Waals surface area contributed by atoms with E-state index >= 15 is 0 Å². The van der Waals surface area contributed by atoms with Crippen molar-refractivity contribution in [3.63, 3.8) is 0 Å². The molecular formula is C27H34N6O3. The molecule has 2 heterocycles. The molecule has 2 aromatic carbocycles. The fourth-order valence-corrected chi connectivity index (χ4v) is 4.71. The lowest BCUT2D eigenvalue weighted by atomic mass is 10.1. The van der Waals surface area contributed by atoms with Gasteiger partial charge in [-0.05, 0) is 50.1 Å². The van der Waals surface area contributed by atoms with E-state index < -0.39 is 5.91 Å². The van der Waals surface area contributed by atoms with Crippen LogP contribution in [-0.2, 0) is 22.7 Å². The summed E-state index contributed by atoms with van der Waals surface area (Å²) >= 11 is 0. The second-order valence-corrected chi connectivity index (χ2v) is 9.35. The van der Waals surface area contributed by atoms with Crippen LogP contribution in [0.2, 0.25) is 0 Å². The molecule has 1 aliphatic heterocycles. The molecule has 0 atom stereocenters. The van der Waals surface area contributed by atoms with Crippen LogP contribution in [0.5, 0.6) is 0 Å². The van der Waals surface area contributed by atoms with Crippen molar-refractivity contribution in [1.29, 1.82) is 0 Å². The van der Waals surface area contributed by atoms with Gasteiger partial charge in [0.15, 0.2) is 0 Å². The first-order chi connectivity index (χ1) is 17.3. The van der Waals surface area contributed by atoms with E-state index in [0.717, 1.165) is 39.1 Å². The number of carbonyl (C=O) groups excluding carboxylic acids is 2. The van der Waals surface area contributed by atoms with Gasteiger partial charge in [-0.1, -0.05) is 30.3 Å². The van der Waals surface area contributed by atoms with E-state index in [2.05, 4.69) is 52.3 Å². The summed E-state index contributed by atoms with van der Waals surface area (Å²) in [5, 5.41) is 8.11. The van der Waals surface area contributed by atoms with Gasteiger partial charge in [0.05, 0.1) is 17.5 Å². The molecular weight excluding hydrogens is 456 g/mol. The van der Waals surface area contributed by atoms with Crippen molar-refractivity contribution in [3.05, 3.63) is 69.6 Å². The number of nitrogens with two attached hydrogens (primary N) is 1. The standard InChI is InChI=1S/C27H34N6O3/c1-19-7-5-10-24(20(19)2)32-15-13-31(14-16-32)12-6-11-26(35)29-18-33-27(36)22-9-4-3-8-21(22)23(30-33)17-25(28)34/h3-5,7-10H,6,11-18H2,1-2H3,(H2,28,34)(H,29,35). The van der Waals surface area contributed by atoms with Gasteiger partial charge in [0.25, 0.3) is 5.56 Å². The van der Waals surface area contributed by atoms with E-state index in [0.29, 0.717) is 22.9 Å². The maximum Gasteiger partial charge on any atom is 0.276 e. The molecule has 36 heavy (non-hydrogen) atoms. The number of rotatable bonds is 9. The summed E-state index contributed by atoms with van der Waals surface area (Å²) in [5.41, 5.74) is 9.41. The van der Waals surface area contributed by atoms with Crippen molar-refractivity contribution >= 4 is 28.3 Å². The topological polar surface area (TPSA) is 114 Å². The van der Waals surface area contributed by atoms with Crippen LogP contribution in [0.1, 0.15) is 29.7 Å². The quantitative estimate of drug-likeness (QED) is 0.472. The van der Waals surface area contributed by atoms with Crippen molar-refractivity contribution < 1.29 is 9.59 Å². The molecule has 3 aromatic rings. The molecule has 1 fully saturated rings. The zero-order valence-corrected chi connectivity index (χ0v) is 21.0. The monoisotopic (exact) mass is 490 g/mol. The number of aryl methyl sites for hydroxylation is 1. The number of benzene rings is 2. The van der Waals surface area contributed by atoms with Crippen LogP contribution in [0.3, 0.4) is 0 Å². The first-order valence-electron chi connectivity index (χ1n) is 12.4. The fraction of sp³-hybridized carbons (Fsp3) is 0.407. The lowest BCUT2D eigenvalue weighted by Crippen LogP contribution is -2.47. The van der Waals surface area contributed by atoms with E-state index in [-0.39, 0.29) is 24.6 Å². The van der Waals surface area contributed by atoms with Crippen LogP contribution in [0.4, 0.5) is 5.69 Å². The molecule has 1 aliphatic rings. The van der Waals surface area contributed by atoms with Gasteiger partial charge in [-0.15, -0.1) is 0 Å². The van der Waals surface area contributed by atoms with Crippen molar-refractivity contribution in [3.8, 4) is 0 Å². The summed E-state index contributed by atoms with van der Waals surface area (Å²) in [6.07, 6.45) is 1.03. The molecule has 1 aromatic heterocycles. The molecule has 0 saturated carbocycles. The van der Waals surface area contributed by atoms with Crippen LogP contribution in [-0.4, -0.2) is 59.2 Å². The molecule has 0 spiro atoms. The van der Waals surface area contributed by atoms with Gasteiger partial charge in [0.1, 0.15) is 6.67 Å². The van der Waals surface area contributed by atoms with Gasteiger partial charge in [-0.3, -0.25) is 19.3 Å². The number of hydrogen-bond acceptors (Lipinski definition) is 6. The van der Waals surface area contributed by atoms with Crippen LogP contribution >= 0.6 is 0 Å². The van der Waals surface area contributed by atoms with Crippen LogP contribution in [0.15, 0.2) is 47.3 Å². The van der Waals surface area contributed by atoms with Gasteiger partial charge >= 0.3 is 0 Å². The Kier molecular flexibility index (Phi) is 8.00. The average molecular weight is 491 g/mol. The van der Waals surface area contributed by atoms with Gasteiger partial charge < -0.3 is 16.0 Å². The highest BCUT2D eigenvalue weighted by atomic mass is 16.2. The normalized spacial score (nSPS) is 14.2. The summed E-state index contributed by atoms with van der Waals surface area (Å²) in [4.78, 5) is 41.5. The van der Waals surface area contributed by atoms with E-state index in [1.807, 2.05) is 0 Å². The fourth-order valence-electron chi connectivity index (χ4n) is 4.71. The summed E-state index contributed by atoms with van der Waals surface area (Å²) in [7, 11) is 0. The second kappa shape index (κ2) is 11.3. The first kappa shape index (κ1) is 25.4. The average Bonchev–Trinajstić information content (AvgIpc) is 2.87. The Hall–Kier alpha value is -3.72. The number of anilines is 1. The molecule has 4 rings (SSSR count). The predicted molar refractivity (Wildman–Crippen MR) is 141 cm³/mol. The minimum absolute atomic E-state index is 0.0528. The third-order valence-corrected chi connectivity index (χ3v) is 6.88. The lowest BCUT2D eigenvalue weighted by molar-refractivity contribution is -0.122. The molecule has 3 N–H and O–H groups in total. The Morgan fingerprint density at radius 2 is 1.72 bits per heavy atom. The summed E-state index contributed by atoms with van der Waals surface area (Å²) < 4.78 is 1.19. The molecule has 1 saturated heterocycles. The Bertz CT molecular complexity index is 1310. The van der Waals surface area contributed by atoms with Gasteiger partial charge in [-0.2, -0.15) is 5.10 Å². The van der Waals surface area contributed by atoms with Crippen molar-refractivity contribution in [2.45, 2.75) is 39.8 Å². The van der Waals surface area contributed by atoms with Gasteiger partial charge in [0.2, 0.25) is 11.8 Å². The molecule has 0 radical (unpaired) electrons. The van der Waals surface area contributed by atoms with Crippen molar-refractivity contribution in [2.75, 3.05) is 37.6 Å². The van der Waals surface area contributed by atoms with Crippen LogP contribution < -0.4 is 21.5 Å². The predicted octanol–water partition coefficient (Wildman–Crippen LogP) is 1.72. The smallest absolute Gasteiger partial charge is 0.276 e. The Morgan fingerprint density at radius 1 is 1.00 bits per heavy atom. The second-order valence-electron chi connectivity index (χ2n) is 9.35. The summed E-state index contributed by atoms with van der Waals surface area (Å²) in [5.74, 6) is -0.668. The number of fused-ring (bicyclic) bond motifs is 1. The Morgan fingerprint density at radius 3 is 2.44 bits per heavy atom. The maximum atomic E-state index is 12.8. The number of primary amides is 1. The van der Waals surface area contributed by atoms with Crippen LogP contribution in [0, 0.1) is 13.8 Å². The molecule has 0 bridgehead atoms. The minimum atomic E-state index is -0.531. The van der Waals surface area contributed by atoms with E-state index in [1.54, 1.807) is 24.3 Å². The third kappa shape index (κ3) is 5.91. The van der Waals surface area contributed by atoms with E-state index in [4.69, 9.17) is 5.73 Å². The minimum Gasteiger partial charge on any atom is -0.369 e. The van der Waals surface area contributed by atoms with Gasteiger partial charge in [-0.25, -0.2) is 4.68 Å². The highest BCUT2D eigenvalue weighted by Crippen LogP contribution is 2.24. The number of nitrogens with one attached hydrogen (secondary N) is 1. The largest absolute Gasteiger partial charge is 0.369 e. The summed E-state index contributed by atoms with van der Waals surface area (Å²) in [6.45, 7) is 9.00. The molecule has 9 nitrogen and oxygen atoms in total. The highest BCUT2D eigenvalue weighted by molar-refractivity contribution is 5.87. The molecule has 0 aliphatic carbocycles. The Balaban J connectivity index is 1.26. The highest BCUT2D eigenvalue weighted by Gasteiger charge is 2.19. The number of amides is 2. The SMILES string of the molecule is Cc1cccc(N2CCN(CCCC(=O)NCn3nc(CC(N)=O)c4ccccc4c3=O)CC2)c1C.